The van der Waals surface area contributed by atoms with Gasteiger partial charge in [-0.05, 0) is 13.3 Å². The Hall–Kier alpha value is -0.0800. The van der Waals surface area contributed by atoms with Crippen LogP contribution in [0.3, 0.4) is 0 Å². The van der Waals surface area contributed by atoms with Gasteiger partial charge in [0.05, 0.1) is 12.7 Å². The van der Waals surface area contributed by atoms with E-state index in [0.717, 1.165) is 13.0 Å². The smallest absolute Gasteiger partial charge is 0.0745 e. The SMILES string of the molecule is CCCCCCCOC[C@H](C)O. The molecule has 0 fully saturated rings. The van der Waals surface area contributed by atoms with Crippen LogP contribution in [0.15, 0.2) is 0 Å². The highest BCUT2D eigenvalue weighted by atomic mass is 16.5. The molecule has 0 aliphatic heterocycles. The number of aliphatic hydroxyl groups is 1. The Morgan fingerprint density at radius 2 is 1.83 bits per heavy atom. The van der Waals surface area contributed by atoms with Crippen molar-refractivity contribution in [3.63, 3.8) is 0 Å². The van der Waals surface area contributed by atoms with Gasteiger partial charge in [-0.2, -0.15) is 0 Å². The maximum atomic E-state index is 8.87. The van der Waals surface area contributed by atoms with Crippen LogP contribution in [0.2, 0.25) is 0 Å². The third-order valence-electron chi connectivity index (χ3n) is 1.75. The monoisotopic (exact) mass is 174 g/mol. The highest BCUT2D eigenvalue weighted by Gasteiger charge is 1.94. The summed E-state index contributed by atoms with van der Waals surface area (Å²) in [4.78, 5) is 0. The zero-order chi connectivity index (χ0) is 9.23. The van der Waals surface area contributed by atoms with E-state index in [9.17, 15) is 0 Å². The van der Waals surface area contributed by atoms with E-state index in [4.69, 9.17) is 9.84 Å². The Labute approximate surface area is 75.9 Å². The van der Waals surface area contributed by atoms with E-state index in [2.05, 4.69) is 6.92 Å². The fourth-order valence-electron chi connectivity index (χ4n) is 1.06. The van der Waals surface area contributed by atoms with Crippen molar-refractivity contribution in [3.05, 3.63) is 0 Å². The van der Waals surface area contributed by atoms with E-state index < -0.39 is 0 Å². The number of ether oxygens (including phenoxy) is 1. The molecule has 0 aromatic heterocycles. The van der Waals surface area contributed by atoms with Crippen LogP contribution in [0.1, 0.15) is 46.0 Å². The first-order chi connectivity index (χ1) is 5.77. The molecule has 0 unspecified atom stereocenters. The van der Waals surface area contributed by atoms with E-state index in [1.54, 1.807) is 6.92 Å². The molecule has 1 atom stereocenters. The van der Waals surface area contributed by atoms with Gasteiger partial charge in [-0.15, -0.1) is 0 Å². The molecule has 0 aromatic rings. The van der Waals surface area contributed by atoms with E-state index in [0.29, 0.717) is 6.61 Å². The summed E-state index contributed by atoms with van der Waals surface area (Å²) in [6.07, 6.45) is 6.00. The minimum absolute atomic E-state index is 0.319. The number of aliphatic hydroxyl groups excluding tert-OH is 1. The number of hydrogen-bond acceptors (Lipinski definition) is 2. The van der Waals surface area contributed by atoms with Crippen LogP contribution < -0.4 is 0 Å². The van der Waals surface area contributed by atoms with E-state index in [-0.39, 0.29) is 6.10 Å². The van der Waals surface area contributed by atoms with Gasteiger partial charge in [0.25, 0.3) is 0 Å². The molecule has 0 spiro atoms. The maximum absolute atomic E-state index is 8.87. The molecule has 12 heavy (non-hydrogen) atoms. The molecule has 0 amide bonds. The Morgan fingerprint density at radius 3 is 2.42 bits per heavy atom. The zero-order valence-corrected chi connectivity index (χ0v) is 8.38. The van der Waals surface area contributed by atoms with Crippen molar-refractivity contribution in [1.82, 2.24) is 0 Å². The number of rotatable bonds is 8. The molecule has 2 nitrogen and oxygen atoms in total. The molecule has 0 saturated heterocycles. The first-order valence-corrected chi connectivity index (χ1v) is 5.03. The van der Waals surface area contributed by atoms with Crippen molar-refractivity contribution in [1.29, 1.82) is 0 Å². The molecule has 1 N–H and O–H groups in total. The Morgan fingerprint density at radius 1 is 1.17 bits per heavy atom. The third-order valence-corrected chi connectivity index (χ3v) is 1.75. The third kappa shape index (κ3) is 9.92. The van der Waals surface area contributed by atoms with Crippen LogP contribution in [-0.4, -0.2) is 24.4 Å². The van der Waals surface area contributed by atoms with Gasteiger partial charge in [0.2, 0.25) is 0 Å². The molecule has 0 saturated carbocycles. The minimum Gasteiger partial charge on any atom is -0.391 e. The molecule has 0 heterocycles. The lowest BCUT2D eigenvalue weighted by molar-refractivity contribution is 0.0445. The fraction of sp³-hybridized carbons (Fsp3) is 1.00. The fourth-order valence-corrected chi connectivity index (χ4v) is 1.06. The van der Waals surface area contributed by atoms with Crippen LogP contribution >= 0.6 is 0 Å². The van der Waals surface area contributed by atoms with Gasteiger partial charge < -0.3 is 9.84 Å². The van der Waals surface area contributed by atoms with E-state index in [1.165, 1.54) is 25.7 Å². The predicted molar refractivity (Wildman–Crippen MR) is 51.3 cm³/mol. The van der Waals surface area contributed by atoms with Gasteiger partial charge in [-0.25, -0.2) is 0 Å². The lowest BCUT2D eigenvalue weighted by atomic mass is 10.2. The molecule has 0 aromatic carbocycles. The summed E-state index contributed by atoms with van der Waals surface area (Å²) in [6, 6.07) is 0. The zero-order valence-electron chi connectivity index (χ0n) is 8.38. The summed E-state index contributed by atoms with van der Waals surface area (Å²) in [5, 5.41) is 8.87. The number of hydrogen-bond donors (Lipinski definition) is 1. The normalized spacial score (nSPS) is 13.2. The highest BCUT2D eigenvalue weighted by Crippen LogP contribution is 2.02. The maximum Gasteiger partial charge on any atom is 0.0745 e. The Kier molecular flexibility index (Phi) is 8.95. The molecule has 74 valence electrons. The molecule has 0 aliphatic rings. The van der Waals surface area contributed by atoms with E-state index >= 15 is 0 Å². The van der Waals surface area contributed by atoms with Crippen LogP contribution in [-0.2, 0) is 4.74 Å². The van der Waals surface area contributed by atoms with Crippen LogP contribution in [0.4, 0.5) is 0 Å². The molecule has 0 bridgehead atoms. The average molecular weight is 174 g/mol. The van der Waals surface area contributed by atoms with Gasteiger partial charge in [0.15, 0.2) is 0 Å². The van der Waals surface area contributed by atoms with Crippen molar-refractivity contribution >= 4 is 0 Å². The van der Waals surface area contributed by atoms with Crippen LogP contribution in [0, 0.1) is 0 Å². The first kappa shape index (κ1) is 11.9. The number of unbranched alkanes of at least 4 members (excludes halogenated alkanes) is 4. The predicted octanol–water partition coefficient (Wildman–Crippen LogP) is 2.35. The molecule has 0 aliphatic carbocycles. The summed E-state index contributed by atoms with van der Waals surface area (Å²) in [7, 11) is 0. The summed E-state index contributed by atoms with van der Waals surface area (Å²) < 4.78 is 5.23. The standard InChI is InChI=1S/C10H22O2/c1-3-4-5-6-7-8-12-9-10(2)11/h10-11H,3-9H2,1-2H3/t10-/m0/s1. The minimum atomic E-state index is -0.319. The lowest BCUT2D eigenvalue weighted by Crippen LogP contribution is -2.10. The van der Waals surface area contributed by atoms with Crippen molar-refractivity contribution < 1.29 is 9.84 Å². The van der Waals surface area contributed by atoms with Crippen molar-refractivity contribution in [2.45, 2.75) is 52.1 Å². The van der Waals surface area contributed by atoms with Gasteiger partial charge in [0.1, 0.15) is 0 Å². The Bertz CT molecular complexity index is 81.9. The Balaban J connectivity index is 2.82. The summed E-state index contributed by atoms with van der Waals surface area (Å²) in [6.45, 7) is 5.24. The molecule has 0 rings (SSSR count). The molecular weight excluding hydrogens is 152 g/mol. The van der Waals surface area contributed by atoms with Gasteiger partial charge >= 0.3 is 0 Å². The highest BCUT2D eigenvalue weighted by molar-refractivity contribution is 4.44. The second-order valence-corrected chi connectivity index (χ2v) is 3.34. The van der Waals surface area contributed by atoms with Crippen molar-refractivity contribution in [2.75, 3.05) is 13.2 Å². The molecular formula is C10H22O2. The summed E-state index contributed by atoms with van der Waals surface area (Å²) in [5.41, 5.74) is 0. The quantitative estimate of drug-likeness (QED) is 0.572. The summed E-state index contributed by atoms with van der Waals surface area (Å²) >= 11 is 0. The second kappa shape index (κ2) is 9.01. The van der Waals surface area contributed by atoms with Crippen LogP contribution in [0.5, 0.6) is 0 Å². The topological polar surface area (TPSA) is 29.5 Å². The average Bonchev–Trinajstić information content (AvgIpc) is 2.02. The largest absolute Gasteiger partial charge is 0.391 e. The van der Waals surface area contributed by atoms with Gasteiger partial charge in [-0.3, -0.25) is 0 Å². The van der Waals surface area contributed by atoms with E-state index in [1.807, 2.05) is 0 Å². The van der Waals surface area contributed by atoms with Crippen LogP contribution in [0.25, 0.3) is 0 Å². The first-order valence-electron chi connectivity index (χ1n) is 5.03. The van der Waals surface area contributed by atoms with Gasteiger partial charge in [0, 0.05) is 6.61 Å². The van der Waals surface area contributed by atoms with Crippen molar-refractivity contribution in [2.24, 2.45) is 0 Å². The second-order valence-electron chi connectivity index (χ2n) is 3.34. The molecule has 2 heteroatoms. The summed E-state index contributed by atoms with van der Waals surface area (Å²) in [5.74, 6) is 0. The molecule has 0 radical (unpaired) electrons. The van der Waals surface area contributed by atoms with Crippen molar-refractivity contribution in [3.8, 4) is 0 Å². The van der Waals surface area contributed by atoms with Gasteiger partial charge in [-0.1, -0.05) is 32.6 Å². The lowest BCUT2D eigenvalue weighted by Gasteiger charge is -2.05.